The molecule has 0 aliphatic carbocycles. The topological polar surface area (TPSA) is 93.9 Å². The van der Waals surface area contributed by atoms with Gasteiger partial charge in [0, 0.05) is 12.8 Å². The summed E-state index contributed by atoms with van der Waals surface area (Å²) in [5.74, 6) is -0.292. The zero-order valence-corrected chi connectivity index (χ0v) is 15.0. The highest BCUT2D eigenvalue weighted by Gasteiger charge is 2.16. The SMILES string of the molecule is CCn1nc(C)cc1C(=O)Nc1nc2ccc(S(C)(=O)=O)cc2s1. The number of aromatic nitrogens is 3. The van der Waals surface area contributed by atoms with Crippen LogP contribution < -0.4 is 5.32 Å². The third-order valence-corrected chi connectivity index (χ3v) is 5.49. The van der Waals surface area contributed by atoms with Crippen molar-refractivity contribution in [3.63, 3.8) is 0 Å². The molecule has 0 bridgehead atoms. The first-order chi connectivity index (χ1) is 11.3. The number of benzene rings is 1. The lowest BCUT2D eigenvalue weighted by atomic mass is 10.3. The number of rotatable bonds is 4. The van der Waals surface area contributed by atoms with Crippen LogP contribution in [0.2, 0.25) is 0 Å². The average Bonchev–Trinajstić information content (AvgIpc) is 3.07. The van der Waals surface area contributed by atoms with Gasteiger partial charge in [-0.1, -0.05) is 11.3 Å². The van der Waals surface area contributed by atoms with Gasteiger partial charge in [0.25, 0.3) is 5.91 Å². The number of nitrogens with zero attached hydrogens (tertiary/aromatic N) is 3. The van der Waals surface area contributed by atoms with Crippen molar-refractivity contribution in [2.45, 2.75) is 25.3 Å². The Labute approximate surface area is 143 Å². The monoisotopic (exact) mass is 364 g/mol. The second-order valence-corrected chi connectivity index (χ2v) is 8.41. The normalized spacial score (nSPS) is 11.8. The zero-order chi connectivity index (χ0) is 17.5. The summed E-state index contributed by atoms with van der Waals surface area (Å²) in [6, 6.07) is 6.43. The van der Waals surface area contributed by atoms with Crippen molar-refractivity contribution < 1.29 is 13.2 Å². The molecule has 1 amide bonds. The van der Waals surface area contributed by atoms with E-state index in [1.807, 2.05) is 13.8 Å². The molecular formula is C15H16N4O3S2. The van der Waals surface area contributed by atoms with Gasteiger partial charge in [0.05, 0.1) is 20.8 Å². The van der Waals surface area contributed by atoms with Gasteiger partial charge in [-0.2, -0.15) is 5.10 Å². The molecule has 0 spiro atoms. The Morgan fingerprint density at radius 2 is 2.08 bits per heavy atom. The maximum Gasteiger partial charge on any atom is 0.275 e. The second kappa shape index (κ2) is 5.99. The quantitative estimate of drug-likeness (QED) is 0.767. The van der Waals surface area contributed by atoms with Crippen LogP contribution in [-0.2, 0) is 16.4 Å². The van der Waals surface area contributed by atoms with Crippen molar-refractivity contribution in [3.8, 4) is 0 Å². The molecule has 0 atom stereocenters. The Kier molecular flexibility index (Phi) is 4.14. The lowest BCUT2D eigenvalue weighted by molar-refractivity contribution is 0.101. The summed E-state index contributed by atoms with van der Waals surface area (Å²) in [5.41, 5.74) is 1.87. The summed E-state index contributed by atoms with van der Waals surface area (Å²) in [4.78, 5) is 17.0. The number of aryl methyl sites for hydroxylation is 2. The Morgan fingerprint density at radius 3 is 2.75 bits per heavy atom. The molecule has 0 aliphatic heterocycles. The van der Waals surface area contributed by atoms with Gasteiger partial charge in [0.15, 0.2) is 15.0 Å². The number of fused-ring (bicyclic) bond motifs is 1. The first-order valence-corrected chi connectivity index (χ1v) is 9.95. The molecule has 0 fully saturated rings. The summed E-state index contributed by atoms with van der Waals surface area (Å²) in [6.45, 7) is 4.33. The number of anilines is 1. The summed E-state index contributed by atoms with van der Waals surface area (Å²) < 4.78 is 25.6. The highest BCUT2D eigenvalue weighted by atomic mass is 32.2. The number of amides is 1. The lowest BCUT2D eigenvalue weighted by Crippen LogP contribution is -2.17. The maximum atomic E-state index is 12.4. The van der Waals surface area contributed by atoms with E-state index in [1.165, 1.54) is 17.4 Å². The highest BCUT2D eigenvalue weighted by Crippen LogP contribution is 2.28. The van der Waals surface area contributed by atoms with E-state index in [2.05, 4.69) is 15.4 Å². The molecule has 24 heavy (non-hydrogen) atoms. The smallest absolute Gasteiger partial charge is 0.275 e. The second-order valence-electron chi connectivity index (χ2n) is 5.36. The van der Waals surface area contributed by atoms with Crippen molar-refractivity contribution in [3.05, 3.63) is 35.7 Å². The van der Waals surface area contributed by atoms with E-state index in [4.69, 9.17) is 0 Å². The third kappa shape index (κ3) is 3.17. The fourth-order valence-electron chi connectivity index (χ4n) is 2.32. The molecule has 0 aliphatic rings. The van der Waals surface area contributed by atoms with Crippen molar-refractivity contribution in [2.75, 3.05) is 11.6 Å². The van der Waals surface area contributed by atoms with Crippen LogP contribution in [0, 0.1) is 6.92 Å². The minimum atomic E-state index is -3.28. The number of thiazole rings is 1. The van der Waals surface area contributed by atoms with Crippen LogP contribution in [0.25, 0.3) is 10.2 Å². The molecule has 7 nitrogen and oxygen atoms in total. The summed E-state index contributed by atoms with van der Waals surface area (Å²) in [6.07, 6.45) is 1.16. The standard InChI is InChI=1S/C15H16N4O3S2/c1-4-19-12(7-9(2)18-19)14(20)17-15-16-11-6-5-10(24(3,21)22)8-13(11)23-15/h5-8H,4H2,1-3H3,(H,16,17,20). The van der Waals surface area contributed by atoms with E-state index >= 15 is 0 Å². The van der Waals surface area contributed by atoms with Gasteiger partial charge in [-0.05, 0) is 38.1 Å². The van der Waals surface area contributed by atoms with Crippen molar-refractivity contribution in [2.24, 2.45) is 0 Å². The molecule has 0 saturated heterocycles. The molecule has 2 aromatic heterocycles. The number of hydrogen-bond donors (Lipinski definition) is 1. The largest absolute Gasteiger partial charge is 0.296 e. The summed E-state index contributed by atoms with van der Waals surface area (Å²) in [5, 5.41) is 7.42. The molecule has 0 saturated carbocycles. The Hall–Kier alpha value is -2.26. The van der Waals surface area contributed by atoms with Crippen LogP contribution in [0.3, 0.4) is 0 Å². The van der Waals surface area contributed by atoms with Crippen molar-refractivity contribution >= 4 is 42.4 Å². The third-order valence-electron chi connectivity index (χ3n) is 3.44. The fourth-order valence-corrected chi connectivity index (χ4v) is 3.94. The average molecular weight is 364 g/mol. The molecule has 1 aromatic carbocycles. The zero-order valence-electron chi connectivity index (χ0n) is 13.4. The van der Waals surface area contributed by atoms with Gasteiger partial charge in [0.1, 0.15) is 5.69 Å². The molecule has 126 valence electrons. The van der Waals surface area contributed by atoms with E-state index < -0.39 is 9.84 Å². The minimum absolute atomic E-state index is 0.233. The molecular weight excluding hydrogens is 348 g/mol. The van der Waals surface area contributed by atoms with Gasteiger partial charge >= 0.3 is 0 Å². The first kappa shape index (κ1) is 16.6. The lowest BCUT2D eigenvalue weighted by Gasteiger charge is -2.03. The van der Waals surface area contributed by atoms with Gasteiger partial charge < -0.3 is 0 Å². The Bertz CT molecular complexity index is 1030. The first-order valence-electron chi connectivity index (χ1n) is 7.24. The van der Waals surface area contributed by atoms with E-state index in [0.717, 1.165) is 11.9 Å². The molecule has 2 heterocycles. The molecule has 1 N–H and O–H groups in total. The van der Waals surface area contributed by atoms with Gasteiger partial charge in [-0.25, -0.2) is 13.4 Å². The van der Waals surface area contributed by atoms with Gasteiger partial charge in [-0.15, -0.1) is 0 Å². The van der Waals surface area contributed by atoms with Crippen LogP contribution in [0.15, 0.2) is 29.2 Å². The predicted octanol–water partition coefficient (Wildman–Crippen LogP) is 2.48. The predicted molar refractivity (Wildman–Crippen MR) is 93.3 cm³/mol. The summed E-state index contributed by atoms with van der Waals surface area (Å²) in [7, 11) is -3.28. The van der Waals surface area contributed by atoms with E-state index in [0.29, 0.717) is 27.6 Å². The number of carbonyl (C=O) groups is 1. The van der Waals surface area contributed by atoms with E-state index in [-0.39, 0.29) is 10.8 Å². The van der Waals surface area contributed by atoms with Crippen molar-refractivity contribution in [1.82, 2.24) is 14.8 Å². The van der Waals surface area contributed by atoms with E-state index in [9.17, 15) is 13.2 Å². The van der Waals surface area contributed by atoms with E-state index in [1.54, 1.807) is 22.9 Å². The van der Waals surface area contributed by atoms with Crippen LogP contribution in [0.1, 0.15) is 23.1 Å². The number of nitrogens with one attached hydrogen (secondary N) is 1. The Morgan fingerprint density at radius 1 is 1.33 bits per heavy atom. The van der Waals surface area contributed by atoms with Gasteiger partial charge in [0.2, 0.25) is 0 Å². The fraction of sp³-hybridized carbons (Fsp3) is 0.267. The molecule has 0 unspecified atom stereocenters. The minimum Gasteiger partial charge on any atom is -0.296 e. The Balaban J connectivity index is 1.91. The van der Waals surface area contributed by atoms with Crippen LogP contribution in [0.5, 0.6) is 0 Å². The van der Waals surface area contributed by atoms with Crippen LogP contribution >= 0.6 is 11.3 Å². The summed E-state index contributed by atoms with van der Waals surface area (Å²) >= 11 is 1.23. The van der Waals surface area contributed by atoms with Crippen LogP contribution in [-0.4, -0.2) is 35.3 Å². The number of hydrogen-bond acceptors (Lipinski definition) is 6. The number of sulfone groups is 1. The highest BCUT2D eigenvalue weighted by molar-refractivity contribution is 7.90. The van der Waals surface area contributed by atoms with Crippen molar-refractivity contribution in [1.29, 1.82) is 0 Å². The number of carbonyl (C=O) groups excluding carboxylic acids is 1. The molecule has 3 aromatic rings. The molecule has 3 rings (SSSR count). The molecule has 9 heteroatoms. The van der Waals surface area contributed by atoms with Gasteiger partial charge in [-0.3, -0.25) is 14.8 Å². The molecule has 0 radical (unpaired) electrons. The maximum absolute atomic E-state index is 12.4. The van der Waals surface area contributed by atoms with Crippen LogP contribution in [0.4, 0.5) is 5.13 Å².